The van der Waals surface area contributed by atoms with Crippen molar-refractivity contribution in [2.24, 2.45) is 5.10 Å². The topological polar surface area (TPSA) is 41.4 Å². The smallest absolute Gasteiger partial charge is 0.0940 e. The monoisotopic (exact) mass is 350 g/mol. The Bertz CT molecular complexity index is 1100. The summed E-state index contributed by atoms with van der Waals surface area (Å²) < 4.78 is 0. The minimum absolute atomic E-state index is 0.0861. The first kappa shape index (κ1) is 15.7. The fourth-order valence-corrected chi connectivity index (χ4v) is 3.66. The third kappa shape index (κ3) is 2.85. The van der Waals surface area contributed by atoms with Gasteiger partial charge in [-0.1, -0.05) is 60.7 Å². The molecule has 0 aliphatic carbocycles. The number of para-hydroxylation sites is 2. The lowest BCUT2D eigenvalue weighted by atomic mass is 9.97. The number of rotatable bonds is 3. The molecule has 2 heterocycles. The fraction of sp³-hybridized carbons (Fsp3) is 0.0870. The van der Waals surface area contributed by atoms with Crippen molar-refractivity contribution < 1.29 is 0 Å². The highest BCUT2D eigenvalue weighted by atomic mass is 15.5. The van der Waals surface area contributed by atoms with Crippen molar-refractivity contribution in [1.82, 2.24) is 9.97 Å². The summed E-state index contributed by atoms with van der Waals surface area (Å²) in [4.78, 5) is 9.08. The lowest BCUT2D eigenvalue weighted by Gasteiger charge is -2.24. The van der Waals surface area contributed by atoms with Crippen LogP contribution in [0.1, 0.15) is 23.6 Å². The molecule has 130 valence electrons. The van der Waals surface area contributed by atoms with Gasteiger partial charge in [-0.05, 0) is 23.8 Å². The van der Waals surface area contributed by atoms with Crippen LogP contribution in [0.5, 0.6) is 0 Å². The van der Waals surface area contributed by atoms with E-state index in [-0.39, 0.29) is 6.04 Å². The first-order valence-corrected chi connectivity index (χ1v) is 9.07. The zero-order valence-electron chi connectivity index (χ0n) is 14.7. The predicted octanol–water partition coefficient (Wildman–Crippen LogP) is 4.99. The van der Waals surface area contributed by atoms with Crippen LogP contribution in [0.4, 0.5) is 5.69 Å². The second kappa shape index (κ2) is 6.65. The number of benzene rings is 3. The van der Waals surface area contributed by atoms with Crippen molar-refractivity contribution in [2.75, 3.05) is 5.01 Å². The fourth-order valence-electron chi connectivity index (χ4n) is 3.66. The Balaban J connectivity index is 1.64. The maximum Gasteiger partial charge on any atom is 0.0940 e. The van der Waals surface area contributed by atoms with Crippen molar-refractivity contribution in [3.8, 4) is 0 Å². The van der Waals surface area contributed by atoms with Crippen LogP contribution in [0.2, 0.25) is 0 Å². The SMILES string of the molecule is c1ccc(C2=NN(c3ccccc3)[C@@H](c3cccc4nccnc34)C2)cc1. The molecule has 4 heteroatoms. The van der Waals surface area contributed by atoms with Gasteiger partial charge < -0.3 is 0 Å². The molecule has 0 saturated heterocycles. The molecule has 27 heavy (non-hydrogen) atoms. The minimum Gasteiger partial charge on any atom is -0.257 e. The molecule has 1 aliphatic rings. The number of aromatic nitrogens is 2. The summed E-state index contributed by atoms with van der Waals surface area (Å²) in [6.45, 7) is 0. The Hall–Kier alpha value is -3.53. The van der Waals surface area contributed by atoms with Crippen LogP contribution in [-0.4, -0.2) is 15.7 Å². The van der Waals surface area contributed by atoms with E-state index in [2.05, 4.69) is 63.5 Å². The number of hydrogen-bond acceptors (Lipinski definition) is 4. The quantitative estimate of drug-likeness (QED) is 0.523. The van der Waals surface area contributed by atoms with Gasteiger partial charge in [0.15, 0.2) is 0 Å². The van der Waals surface area contributed by atoms with E-state index in [0.29, 0.717) is 0 Å². The third-order valence-corrected chi connectivity index (χ3v) is 4.93. The van der Waals surface area contributed by atoms with Crippen LogP contribution in [0, 0.1) is 0 Å². The normalized spacial score (nSPS) is 16.5. The molecule has 1 aliphatic heterocycles. The molecule has 4 nitrogen and oxygen atoms in total. The first-order valence-electron chi connectivity index (χ1n) is 9.07. The molecule has 0 bridgehead atoms. The molecule has 3 aromatic carbocycles. The Labute approximate surface area is 157 Å². The van der Waals surface area contributed by atoms with E-state index in [1.54, 1.807) is 12.4 Å². The molecule has 0 unspecified atom stereocenters. The van der Waals surface area contributed by atoms with Crippen molar-refractivity contribution in [1.29, 1.82) is 0 Å². The maximum atomic E-state index is 4.99. The molecule has 0 amide bonds. The van der Waals surface area contributed by atoms with Gasteiger partial charge in [0.05, 0.1) is 28.5 Å². The minimum atomic E-state index is 0.0861. The second-order valence-corrected chi connectivity index (χ2v) is 6.58. The Morgan fingerprint density at radius 2 is 1.48 bits per heavy atom. The van der Waals surface area contributed by atoms with Crippen LogP contribution in [0.15, 0.2) is 96.4 Å². The molecule has 0 N–H and O–H groups in total. The summed E-state index contributed by atoms with van der Waals surface area (Å²) in [5, 5.41) is 7.11. The summed E-state index contributed by atoms with van der Waals surface area (Å²) in [7, 11) is 0. The number of nitrogens with zero attached hydrogens (tertiary/aromatic N) is 4. The van der Waals surface area contributed by atoms with Crippen molar-refractivity contribution >= 4 is 22.4 Å². The number of hydrazone groups is 1. The standard InChI is InChI=1S/C23H18N4/c1-3-8-17(9-4-1)21-16-22(27(26-21)18-10-5-2-6-11-18)19-12-7-13-20-23(19)25-15-14-24-20/h1-15,22H,16H2/t22-/m1/s1. The molecular formula is C23H18N4. The van der Waals surface area contributed by atoms with E-state index in [1.165, 1.54) is 0 Å². The predicted molar refractivity (Wildman–Crippen MR) is 109 cm³/mol. The lowest BCUT2D eigenvalue weighted by molar-refractivity contribution is 0.712. The average Bonchev–Trinajstić information content (AvgIpc) is 3.20. The second-order valence-electron chi connectivity index (χ2n) is 6.58. The van der Waals surface area contributed by atoms with E-state index >= 15 is 0 Å². The molecule has 0 radical (unpaired) electrons. The Kier molecular flexibility index (Phi) is 3.87. The van der Waals surface area contributed by atoms with E-state index < -0.39 is 0 Å². The highest BCUT2D eigenvalue weighted by Crippen LogP contribution is 2.38. The van der Waals surface area contributed by atoms with Gasteiger partial charge in [0, 0.05) is 24.4 Å². The lowest BCUT2D eigenvalue weighted by Crippen LogP contribution is -2.19. The molecular weight excluding hydrogens is 332 g/mol. The maximum absolute atomic E-state index is 4.99. The van der Waals surface area contributed by atoms with Gasteiger partial charge >= 0.3 is 0 Å². The molecule has 5 rings (SSSR count). The van der Waals surface area contributed by atoms with Gasteiger partial charge in [0.25, 0.3) is 0 Å². The summed E-state index contributed by atoms with van der Waals surface area (Å²) in [6, 6.07) is 27.0. The van der Waals surface area contributed by atoms with Crippen LogP contribution >= 0.6 is 0 Å². The van der Waals surface area contributed by atoms with Crippen molar-refractivity contribution in [3.63, 3.8) is 0 Å². The zero-order valence-corrected chi connectivity index (χ0v) is 14.7. The van der Waals surface area contributed by atoms with E-state index in [1.807, 2.05) is 30.3 Å². The number of anilines is 1. The molecule has 1 atom stereocenters. The number of fused-ring (bicyclic) bond motifs is 1. The third-order valence-electron chi connectivity index (χ3n) is 4.93. The molecule has 0 fully saturated rings. The Morgan fingerprint density at radius 3 is 2.30 bits per heavy atom. The summed E-state index contributed by atoms with van der Waals surface area (Å²) in [6.07, 6.45) is 4.32. The van der Waals surface area contributed by atoms with E-state index in [9.17, 15) is 0 Å². The zero-order chi connectivity index (χ0) is 18.1. The van der Waals surface area contributed by atoms with Crippen LogP contribution < -0.4 is 5.01 Å². The Morgan fingerprint density at radius 1 is 0.741 bits per heavy atom. The summed E-state index contributed by atoms with van der Waals surface area (Å²) in [5.74, 6) is 0. The van der Waals surface area contributed by atoms with E-state index in [4.69, 9.17) is 5.10 Å². The summed E-state index contributed by atoms with van der Waals surface area (Å²) >= 11 is 0. The van der Waals surface area contributed by atoms with Gasteiger partial charge in [0.2, 0.25) is 0 Å². The summed E-state index contributed by atoms with van der Waals surface area (Å²) in [5.41, 5.74) is 6.33. The van der Waals surface area contributed by atoms with Gasteiger partial charge in [-0.25, -0.2) is 0 Å². The molecule has 4 aromatic rings. The van der Waals surface area contributed by atoms with Crippen molar-refractivity contribution in [2.45, 2.75) is 12.5 Å². The van der Waals surface area contributed by atoms with Gasteiger partial charge in [-0.2, -0.15) is 5.10 Å². The number of hydrogen-bond donors (Lipinski definition) is 0. The van der Waals surface area contributed by atoms with Gasteiger partial charge in [-0.15, -0.1) is 0 Å². The van der Waals surface area contributed by atoms with E-state index in [0.717, 1.165) is 40.0 Å². The average molecular weight is 350 g/mol. The largest absolute Gasteiger partial charge is 0.257 e. The van der Waals surface area contributed by atoms with Crippen LogP contribution in [0.25, 0.3) is 11.0 Å². The van der Waals surface area contributed by atoms with Gasteiger partial charge in [0.1, 0.15) is 0 Å². The molecule has 0 spiro atoms. The van der Waals surface area contributed by atoms with Crippen LogP contribution in [0.3, 0.4) is 0 Å². The van der Waals surface area contributed by atoms with Crippen LogP contribution in [-0.2, 0) is 0 Å². The highest BCUT2D eigenvalue weighted by Gasteiger charge is 2.31. The first-order chi connectivity index (χ1) is 13.4. The van der Waals surface area contributed by atoms with Gasteiger partial charge in [-0.3, -0.25) is 15.0 Å². The molecule has 1 aromatic heterocycles. The molecule has 0 saturated carbocycles. The highest BCUT2D eigenvalue weighted by molar-refractivity contribution is 6.03. The van der Waals surface area contributed by atoms with Crippen molar-refractivity contribution in [3.05, 3.63) is 102 Å².